The van der Waals surface area contributed by atoms with Crippen LogP contribution in [0.1, 0.15) is 0 Å². The number of benzene rings is 7. The molecule has 0 amide bonds. The van der Waals surface area contributed by atoms with Crippen LogP contribution < -0.4 is 0 Å². The number of rotatable bonds is 5. The van der Waals surface area contributed by atoms with Crippen LogP contribution in [0.3, 0.4) is 0 Å². The average Bonchev–Trinajstić information content (AvgIpc) is 3.74. The first kappa shape index (κ1) is 28.7. The molecular weight excluding hydrogens is 625 g/mol. The molecule has 10 rings (SSSR count). The van der Waals surface area contributed by atoms with E-state index >= 15 is 0 Å². The predicted molar refractivity (Wildman–Crippen MR) is 213 cm³/mol. The molecule has 234 valence electrons. The fourth-order valence-corrected chi connectivity index (χ4v) is 8.67. The highest BCUT2D eigenvalue weighted by atomic mass is 32.1. The van der Waals surface area contributed by atoms with Gasteiger partial charge < -0.3 is 4.57 Å². The van der Waals surface area contributed by atoms with Gasteiger partial charge in [0.2, 0.25) is 0 Å². The highest BCUT2D eigenvalue weighted by molar-refractivity contribution is 7.26. The molecular formula is C47H30N2S. The lowest BCUT2D eigenvalue weighted by molar-refractivity contribution is 1.18. The van der Waals surface area contributed by atoms with Crippen LogP contribution in [0.2, 0.25) is 0 Å². The summed E-state index contributed by atoms with van der Waals surface area (Å²) in [7, 11) is 0. The van der Waals surface area contributed by atoms with Gasteiger partial charge in [-0.15, -0.1) is 11.3 Å². The molecule has 0 bridgehead atoms. The summed E-state index contributed by atoms with van der Waals surface area (Å²) in [5.74, 6) is 0. The summed E-state index contributed by atoms with van der Waals surface area (Å²) in [5.41, 5.74) is 12.4. The first-order valence-corrected chi connectivity index (χ1v) is 17.8. The number of pyridine rings is 1. The van der Waals surface area contributed by atoms with E-state index in [9.17, 15) is 0 Å². The van der Waals surface area contributed by atoms with E-state index in [2.05, 4.69) is 187 Å². The molecule has 0 aliphatic carbocycles. The van der Waals surface area contributed by atoms with Crippen LogP contribution in [-0.2, 0) is 0 Å². The second-order valence-corrected chi connectivity index (χ2v) is 13.8. The van der Waals surface area contributed by atoms with Gasteiger partial charge in [0.25, 0.3) is 0 Å². The zero-order valence-corrected chi connectivity index (χ0v) is 27.9. The quantitative estimate of drug-likeness (QED) is 0.181. The smallest absolute Gasteiger partial charge is 0.0715 e. The van der Waals surface area contributed by atoms with E-state index in [1.165, 1.54) is 64.2 Å². The molecule has 0 aliphatic rings. The minimum atomic E-state index is 0.958. The first-order valence-electron chi connectivity index (χ1n) is 17.0. The minimum Gasteiger partial charge on any atom is -0.309 e. The minimum absolute atomic E-state index is 0.958. The van der Waals surface area contributed by atoms with E-state index in [0.29, 0.717) is 0 Å². The van der Waals surface area contributed by atoms with Crippen LogP contribution in [0.4, 0.5) is 0 Å². The summed E-state index contributed by atoms with van der Waals surface area (Å²) in [4.78, 5) is 5.41. The summed E-state index contributed by atoms with van der Waals surface area (Å²) in [6.45, 7) is 0. The van der Waals surface area contributed by atoms with Crippen molar-refractivity contribution in [3.63, 3.8) is 0 Å². The number of fused-ring (bicyclic) bond motifs is 6. The molecule has 50 heavy (non-hydrogen) atoms. The van der Waals surface area contributed by atoms with Gasteiger partial charge in [-0.3, -0.25) is 0 Å². The van der Waals surface area contributed by atoms with Gasteiger partial charge in [0.15, 0.2) is 0 Å². The third kappa shape index (κ3) is 4.74. The molecule has 0 saturated carbocycles. The SMILES string of the molecule is c1ccc(-c2cccc(-c3cc(-c4cccc5c4sc4ccccc45)cc(-c4ccc5c(c4)c4ccccc4n5-c4ccccc4)n3)c2)cc1. The van der Waals surface area contributed by atoms with Gasteiger partial charge in [0.05, 0.1) is 22.4 Å². The Morgan fingerprint density at radius 2 is 1.00 bits per heavy atom. The van der Waals surface area contributed by atoms with Crippen LogP contribution in [0.5, 0.6) is 0 Å². The van der Waals surface area contributed by atoms with Crippen LogP contribution in [-0.4, -0.2) is 9.55 Å². The molecule has 2 nitrogen and oxygen atoms in total. The molecule has 0 spiro atoms. The third-order valence-corrected chi connectivity index (χ3v) is 11.0. The number of aromatic nitrogens is 2. The van der Waals surface area contributed by atoms with Crippen molar-refractivity contribution in [3.05, 3.63) is 182 Å². The maximum atomic E-state index is 5.41. The lowest BCUT2D eigenvalue weighted by Crippen LogP contribution is -1.94. The molecule has 0 saturated heterocycles. The molecule has 0 radical (unpaired) electrons. The second kappa shape index (κ2) is 11.7. The van der Waals surface area contributed by atoms with Crippen molar-refractivity contribution in [2.75, 3.05) is 0 Å². The average molecular weight is 655 g/mol. The fraction of sp³-hybridized carbons (Fsp3) is 0. The van der Waals surface area contributed by atoms with Crippen molar-refractivity contribution in [2.45, 2.75) is 0 Å². The normalized spacial score (nSPS) is 11.6. The lowest BCUT2D eigenvalue weighted by Gasteiger charge is -2.13. The summed E-state index contributed by atoms with van der Waals surface area (Å²) < 4.78 is 4.97. The van der Waals surface area contributed by atoms with Crippen molar-refractivity contribution >= 4 is 53.3 Å². The highest BCUT2D eigenvalue weighted by Crippen LogP contribution is 2.42. The highest BCUT2D eigenvalue weighted by Gasteiger charge is 2.17. The molecule has 0 atom stereocenters. The van der Waals surface area contributed by atoms with Gasteiger partial charge in [-0.25, -0.2) is 4.98 Å². The number of thiophene rings is 1. The van der Waals surface area contributed by atoms with Crippen molar-refractivity contribution < 1.29 is 0 Å². The summed E-state index contributed by atoms with van der Waals surface area (Å²) in [5, 5.41) is 5.05. The Morgan fingerprint density at radius 3 is 1.84 bits per heavy atom. The van der Waals surface area contributed by atoms with E-state index < -0.39 is 0 Å². The van der Waals surface area contributed by atoms with Gasteiger partial charge in [-0.1, -0.05) is 127 Å². The van der Waals surface area contributed by atoms with E-state index in [4.69, 9.17) is 4.98 Å². The van der Waals surface area contributed by atoms with Gasteiger partial charge in [-0.2, -0.15) is 0 Å². The van der Waals surface area contributed by atoms with Crippen molar-refractivity contribution in [3.8, 4) is 50.5 Å². The molecule has 3 heterocycles. The van der Waals surface area contributed by atoms with E-state index in [1.54, 1.807) is 0 Å². The molecule has 0 aliphatic heterocycles. The Labute approximate surface area is 294 Å². The fourth-order valence-electron chi connectivity index (χ4n) is 7.43. The zero-order valence-electron chi connectivity index (χ0n) is 27.1. The Kier molecular flexibility index (Phi) is 6.71. The van der Waals surface area contributed by atoms with Gasteiger partial charge in [-0.05, 0) is 76.9 Å². The molecule has 0 unspecified atom stereocenters. The lowest BCUT2D eigenvalue weighted by atomic mass is 9.96. The Hall–Kier alpha value is -6.29. The van der Waals surface area contributed by atoms with Crippen LogP contribution >= 0.6 is 11.3 Å². The number of hydrogen-bond donors (Lipinski definition) is 0. The van der Waals surface area contributed by atoms with Crippen LogP contribution in [0.15, 0.2) is 182 Å². The first-order chi connectivity index (χ1) is 24.8. The van der Waals surface area contributed by atoms with Gasteiger partial charge in [0.1, 0.15) is 0 Å². The molecule has 10 aromatic rings. The van der Waals surface area contributed by atoms with Gasteiger partial charge >= 0.3 is 0 Å². The summed E-state index contributed by atoms with van der Waals surface area (Å²) in [6.07, 6.45) is 0. The van der Waals surface area contributed by atoms with Crippen LogP contribution in [0.25, 0.3) is 92.4 Å². The molecule has 3 aromatic heterocycles. The second-order valence-electron chi connectivity index (χ2n) is 12.8. The summed E-state index contributed by atoms with van der Waals surface area (Å²) in [6, 6.07) is 65.5. The Bertz CT molecular complexity index is 2860. The third-order valence-electron chi connectivity index (χ3n) is 9.79. The molecule has 7 aromatic carbocycles. The van der Waals surface area contributed by atoms with Crippen molar-refractivity contribution in [1.82, 2.24) is 9.55 Å². The maximum Gasteiger partial charge on any atom is 0.0715 e. The number of para-hydroxylation sites is 2. The number of hydrogen-bond acceptors (Lipinski definition) is 2. The molecule has 0 fully saturated rings. The molecule has 0 N–H and O–H groups in total. The Morgan fingerprint density at radius 1 is 0.380 bits per heavy atom. The van der Waals surface area contributed by atoms with E-state index in [1.807, 2.05) is 11.3 Å². The maximum absolute atomic E-state index is 5.41. The monoisotopic (exact) mass is 654 g/mol. The van der Waals surface area contributed by atoms with Crippen molar-refractivity contribution in [2.24, 2.45) is 0 Å². The van der Waals surface area contributed by atoms with Crippen molar-refractivity contribution in [1.29, 1.82) is 0 Å². The molecule has 3 heteroatoms. The topological polar surface area (TPSA) is 17.8 Å². The van der Waals surface area contributed by atoms with E-state index in [-0.39, 0.29) is 0 Å². The number of nitrogens with zero attached hydrogens (tertiary/aromatic N) is 2. The summed E-state index contributed by atoms with van der Waals surface area (Å²) >= 11 is 1.87. The largest absolute Gasteiger partial charge is 0.309 e. The van der Waals surface area contributed by atoms with Gasteiger partial charge in [0, 0.05) is 47.8 Å². The Balaban J connectivity index is 1.21. The van der Waals surface area contributed by atoms with Crippen LogP contribution in [0, 0.1) is 0 Å². The van der Waals surface area contributed by atoms with E-state index in [0.717, 1.165) is 28.2 Å². The zero-order chi connectivity index (χ0) is 33.0. The standard InChI is InChI=1S/C47H30N2S/c1-3-13-31(14-4-1)32-15-11-16-33(27-32)42-29-35(37-21-12-22-40-39-20-8-10-24-46(39)50-47(37)40)30-43(48-42)34-25-26-45-41(28-34)38-19-7-9-23-44(38)49(45)36-17-5-2-6-18-36/h1-30H. The predicted octanol–water partition coefficient (Wildman–Crippen LogP) is 13.2.